The Bertz CT molecular complexity index is 854. The lowest BCUT2D eigenvalue weighted by Gasteiger charge is -2.50. The third-order valence-electron chi connectivity index (χ3n) is 6.27. The summed E-state index contributed by atoms with van der Waals surface area (Å²) in [6.07, 6.45) is 1.62. The normalized spacial score (nSPS) is 25.9. The largest absolute Gasteiger partial charge is 0.327 e. The summed E-state index contributed by atoms with van der Waals surface area (Å²) in [4.78, 5) is 0. The Kier molecular flexibility index (Phi) is 5.24. The van der Waals surface area contributed by atoms with Crippen LogP contribution in [0.4, 0.5) is 0 Å². The molecular weight excluding hydrogens is 391 g/mol. The van der Waals surface area contributed by atoms with Gasteiger partial charge in [0.25, 0.3) is 5.97 Å². The zero-order valence-corrected chi connectivity index (χ0v) is 18.3. The van der Waals surface area contributed by atoms with Crippen molar-refractivity contribution in [3.63, 3.8) is 0 Å². The zero-order chi connectivity index (χ0) is 20.5. The fourth-order valence-corrected chi connectivity index (χ4v) is 8.83. The highest BCUT2D eigenvalue weighted by Crippen LogP contribution is 2.57. The fourth-order valence-electron chi connectivity index (χ4n) is 4.51. The summed E-state index contributed by atoms with van der Waals surface area (Å²) in [5, 5.41) is 4.11. The molecule has 154 valence electrons. The predicted octanol–water partition coefficient (Wildman–Crippen LogP) is 4.11. The van der Waals surface area contributed by atoms with Crippen molar-refractivity contribution in [2.75, 3.05) is 26.0 Å². The molecule has 3 saturated heterocycles. The molecule has 4 heteroatoms. The van der Waals surface area contributed by atoms with E-state index in [1.807, 2.05) is 0 Å². The Labute approximate surface area is 179 Å². The van der Waals surface area contributed by atoms with Gasteiger partial charge in [0, 0.05) is 5.41 Å². The van der Waals surface area contributed by atoms with E-state index < -0.39 is 13.2 Å². The molecule has 3 fully saturated rings. The molecule has 0 unspecified atom stereocenters. The first-order chi connectivity index (χ1) is 14.6. The average Bonchev–Trinajstić information content (AvgIpc) is 2.83. The van der Waals surface area contributed by atoms with Crippen LogP contribution in [0.5, 0.6) is 0 Å². The minimum Gasteiger partial charge on any atom is -0.327 e. The SMILES string of the molecule is CC12COC(CC[P+](c3ccccc3)(c3ccccc3)c3ccccc3)(OC1)OC2. The van der Waals surface area contributed by atoms with Gasteiger partial charge in [-0.1, -0.05) is 61.5 Å². The van der Waals surface area contributed by atoms with Gasteiger partial charge < -0.3 is 14.2 Å². The molecule has 3 aliphatic heterocycles. The third kappa shape index (κ3) is 3.50. The van der Waals surface area contributed by atoms with Crippen molar-refractivity contribution in [1.82, 2.24) is 0 Å². The summed E-state index contributed by atoms with van der Waals surface area (Å²) in [5.41, 5.74) is -0.0216. The summed E-state index contributed by atoms with van der Waals surface area (Å²) in [5.74, 6) is -0.915. The predicted molar refractivity (Wildman–Crippen MR) is 123 cm³/mol. The second-order valence-corrected chi connectivity index (χ2v) is 12.3. The lowest BCUT2D eigenvalue weighted by Crippen LogP contribution is -2.59. The van der Waals surface area contributed by atoms with E-state index in [4.69, 9.17) is 14.2 Å². The van der Waals surface area contributed by atoms with Gasteiger partial charge in [-0.05, 0) is 36.4 Å². The second kappa shape index (κ2) is 7.90. The van der Waals surface area contributed by atoms with Crippen molar-refractivity contribution in [3.8, 4) is 0 Å². The Hall–Kier alpha value is -2.03. The van der Waals surface area contributed by atoms with E-state index in [1.54, 1.807) is 0 Å². The number of hydrogen-bond acceptors (Lipinski definition) is 3. The number of ether oxygens (including phenoxy) is 3. The third-order valence-corrected chi connectivity index (χ3v) is 10.7. The van der Waals surface area contributed by atoms with E-state index >= 15 is 0 Å². The molecule has 2 bridgehead atoms. The molecule has 0 saturated carbocycles. The lowest BCUT2D eigenvalue weighted by molar-refractivity contribution is -0.465. The number of hydrogen-bond donors (Lipinski definition) is 0. The van der Waals surface area contributed by atoms with Crippen LogP contribution in [-0.2, 0) is 14.2 Å². The molecule has 3 heterocycles. The van der Waals surface area contributed by atoms with Crippen LogP contribution in [0.2, 0.25) is 0 Å². The number of fused-ring (bicyclic) bond motifs is 3. The first-order valence-electron chi connectivity index (χ1n) is 10.6. The van der Waals surface area contributed by atoms with Gasteiger partial charge >= 0.3 is 0 Å². The maximum atomic E-state index is 6.14. The second-order valence-electron chi connectivity index (χ2n) is 8.65. The minimum atomic E-state index is -1.92. The topological polar surface area (TPSA) is 27.7 Å². The Morgan fingerprint density at radius 2 is 1.00 bits per heavy atom. The van der Waals surface area contributed by atoms with Gasteiger partial charge in [-0.3, -0.25) is 0 Å². The van der Waals surface area contributed by atoms with Crippen LogP contribution in [0.25, 0.3) is 0 Å². The van der Waals surface area contributed by atoms with Crippen molar-refractivity contribution in [2.24, 2.45) is 5.41 Å². The van der Waals surface area contributed by atoms with E-state index in [9.17, 15) is 0 Å². The highest BCUT2D eigenvalue weighted by Gasteiger charge is 2.54. The first kappa shape index (κ1) is 19.9. The van der Waals surface area contributed by atoms with Gasteiger partial charge in [0.1, 0.15) is 23.2 Å². The van der Waals surface area contributed by atoms with Crippen molar-refractivity contribution < 1.29 is 14.2 Å². The molecule has 6 rings (SSSR count). The minimum absolute atomic E-state index is 0.0216. The molecule has 3 nitrogen and oxygen atoms in total. The van der Waals surface area contributed by atoms with Crippen LogP contribution in [0.3, 0.4) is 0 Å². The van der Waals surface area contributed by atoms with Gasteiger partial charge in [-0.25, -0.2) is 0 Å². The van der Waals surface area contributed by atoms with E-state index in [2.05, 4.69) is 97.9 Å². The molecule has 0 radical (unpaired) electrons. The quantitative estimate of drug-likeness (QED) is 0.563. The highest BCUT2D eigenvalue weighted by molar-refractivity contribution is 7.95. The van der Waals surface area contributed by atoms with Crippen LogP contribution in [0, 0.1) is 5.41 Å². The van der Waals surface area contributed by atoms with Crippen LogP contribution in [0.1, 0.15) is 13.3 Å². The highest BCUT2D eigenvalue weighted by atomic mass is 31.2. The smallest absolute Gasteiger partial charge is 0.286 e. The van der Waals surface area contributed by atoms with Crippen LogP contribution >= 0.6 is 7.26 Å². The summed E-state index contributed by atoms with van der Waals surface area (Å²) >= 11 is 0. The van der Waals surface area contributed by atoms with Gasteiger partial charge in [0.2, 0.25) is 0 Å². The maximum absolute atomic E-state index is 6.14. The average molecular weight is 419 g/mol. The van der Waals surface area contributed by atoms with E-state index in [1.165, 1.54) is 15.9 Å². The summed E-state index contributed by atoms with van der Waals surface area (Å²) in [6.45, 7) is 4.24. The van der Waals surface area contributed by atoms with Gasteiger partial charge in [-0.2, -0.15) is 0 Å². The molecule has 3 aromatic carbocycles. The molecule has 0 amide bonds. The fraction of sp³-hybridized carbons (Fsp3) is 0.308. The number of benzene rings is 3. The molecule has 0 spiro atoms. The van der Waals surface area contributed by atoms with Crippen molar-refractivity contribution >= 4 is 23.2 Å². The Morgan fingerprint density at radius 1 is 0.633 bits per heavy atom. The molecule has 0 aliphatic carbocycles. The molecule has 3 aliphatic rings. The van der Waals surface area contributed by atoms with Gasteiger partial charge in [-0.15, -0.1) is 0 Å². The summed E-state index contributed by atoms with van der Waals surface area (Å²) in [7, 11) is -1.92. The molecule has 30 heavy (non-hydrogen) atoms. The van der Waals surface area contributed by atoms with E-state index in [0.717, 1.165) is 6.16 Å². The van der Waals surface area contributed by atoms with Crippen LogP contribution in [0.15, 0.2) is 91.0 Å². The molecule has 0 aromatic heterocycles. The Morgan fingerprint density at radius 3 is 1.37 bits per heavy atom. The lowest BCUT2D eigenvalue weighted by atomic mass is 9.91. The molecular formula is C26H28O3P+. The zero-order valence-electron chi connectivity index (χ0n) is 17.4. The monoisotopic (exact) mass is 419 g/mol. The molecule has 0 N–H and O–H groups in total. The van der Waals surface area contributed by atoms with Crippen molar-refractivity contribution in [2.45, 2.75) is 19.3 Å². The van der Waals surface area contributed by atoms with Crippen LogP contribution in [-0.4, -0.2) is 32.0 Å². The van der Waals surface area contributed by atoms with Gasteiger partial charge in [0.05, 0.1) is 32.4 Å². The van der Waals surface area contributed by atoms with Crippen molar-refractivity contribution in [3.05, 3.63) is 91.0 Å². The maximum Gasteiger partial charge on any atom is 0.286 e. The van der Waals surface area contributed by atoms with E-state index in [-0.39, 0.29) is 5.41 Å². The van der Waals surface area contributed by atoms with Crippen molar-refractivity contribution in [1.29, 1.82) is 0 Å². The molecule has 3 aromatic rings. The first-order valence-corrected chi connectivity index (χ1v) is 12.6. The number of rotatable bonds is 6. The molecule has 0 atom stereocenters. The van der Waals surface area contributed by atoms with E-state index in [0.29, 0.717) is 26.2 Å². The van der Waals surface area contributed by atoms with Crippen LogP contribution < -0.4 is 15.9 Å². The summed E-state index contributed by atoms with van der Waals surface area (Å²) < 4.78 is 18.4. The Balaban J connectivity index is 1.59. The van der Waals surface area contributed by atoms with Gasteiger partial charge in [0.15, 0.2) is 0 Å². The standard InChI is InChI=1S/C26H28O3P/c1-25-19-27-26(28-20-25,29-21-25)17-18-30(22-11-5-2-6-12-22,23-13-7-3-8-14-23)24-15-9-4-10-16-24/h2-16H,17-21H2,1H3/q+1. The summed E-state index contributed by atoms with van der Waals surface area (Å²) in [6, 6.07) is 32.7.